The SMILES string of the molecule is Cn1[nH]c(=O)c(=O)nc1SCC(=N)N. The number of aryl methyl sites for hydroxylation is 1. The summed E-state index contributed by atoms with van der Waals surface area (Å²) in [6, 6.07) is 0. The van der Waals surface area contributed by atoms with E-state index in [0.717, 1.165) is 11.8 Å². The lowest BCUT2D eigenvalue weighted by Gasteiger charge is -2.04. The zero-order chi connectivity index (χ0) is 10.7. The number of nitrogens with one attached hydrogen (secondary N) is 2. The van der Waals surface area contributed by atoms with Gasteiger partial charge in [-0.25, -0.2) is 0 Å². The number of aromatic amines is 1. The summed E-state index contributed by atoms with van der Waals surface area (Å²) in [5.74, 6) is 0.210. The molecule has 0 aliphatic heterocycles. The van der Waals surface area contributed by atoms with Gasteiger partial charge in [0, 0.05) is 7.05 Å². The predicted octanol–water partition coefficient (Wildman–Crippen LogP) is -1.50. The fourth-order valence-electron chi connectivity index (χ4n) is 0.732. The molecule has 0 bridgehead atoms. The normalized spacial score (nSPS) is 10.1. The Labute approximate surface area is 82.8 Å². The smallest absolute Gasteiger partial charge is 0.339 e. The highest BCUT2D eigenvalue weighted by Crippen LogP contribution is 2.09. The van der Waals surface area contributed by atoms with Crippen molar-refractivity contribution in [3.63, 3.8) is 0 Å². The minimum Gasteiger partial charge on any atom is -0.387 e. The van der Waals surface area contributed by atoms with Gasteiger partial charge >= 0.3 is 11.1 Å². The number of H-pyrrole nitrogens is 1. The number of nitrogens with zero attached hydrogens (tertiary/aromatic N) is 2. The molecule has 0 spiro atoms. The van der Waals surface area contributed by atoms with Crippen molar-refractivity contribution in [2.45, 2.75) is 5.16 Å². The average Bonchev–Trinajstić information content (AvgIpc) is 2.09. The first kappa shape index (κ1) is 10.5. The molecular weight excluding hydrogens is 206 g/mol. The molecule has 76 valence electrons. The van der Waals surface area contributed by atoms with Crippen LogP contribution < -0.4 is 16.9 Å². The minimum absolute atomic E-state index is 0.0181. The van der Waals surface area contributed by atoms with E-state index in [-0.39, 0.29) is 11.6 Å². The molecule has 0 radical (unpaired) electrons. The summed E-state index contributed by atoms with van der Waals surface area (Å²) in [5, 5.41) is 9.59. The molecule has 0 aliphatic carbocycles. The van der Waals surface area contributed by atoms with Gasteiger partial charge in [-0.2, -0.15) is 4.98 Å². The topological polar surface area (TPSA) is 118 Å². The van der Waals surface area contributed by atoms with Crippen molar-refractivity contribution in [2.24, 2.45) is 12.8 Å². The second-order valence-electron chi connectivity index (χ2n) is 2.51. The Morgan fingerprint density at radius 2 is 2.36 bits per heavy atom. The summed E-state index contributed by atoms with van der Waals surface area (Å²) in [6.45, 7) is 0. The molecule has 0 aliphatic rings. The Morgan fingerprint density at radius 1 is 1.71 bits per heavy atom. The molecule has 0 saturated heterocycles. The third-order valence-corrected chi connectivity index (χ3v) is 2.38. The molecule has 0 atom stereocenters. The van der Waals surface area contributed by atoms with Crippen molar-refractivity contribution in [3.8, 4) is 0 Å². The van der Waals surface area contributed by atoms with Gasteiger partial charge in [0.15, 0.2) is 5.16 Å². The van der Waals surface area contributed by atoms with E-state index >= 15 is 0 Å². The molecule has 0 aromatic carbocycles. The third-order valence-electron chi connectivity index (χ3n) is 1.30. The van der Waals surface area contributed by atoms with Crippen LogP contribution in [0.1, 0.15) is 0 Å². The molecule has 1 heterocycles. The molecule has 0 amide bonds. The molecule has 1 aromatic rings. The largest absolute Gasteiger partial charge is 0.387 e. The van der Waals surface area contributed by atoms with Crippen molar-refractivity contribution in [1.82, 2.24) is 14.8 Å². The number of hydrogen-bond donors (Lipinski definition) is 3. The van der Waals surface area contributed by atoms with Crippen LogP contribution in [0, 0.1) is 5.41 Å². The first-order valence-corrected chi connectivity index (χ1v) is 4.62. The molecule has 1 aromatic heterocycles. The van der Waals surface area contributed by atoms with Crippen molar-refractivity contribution in [1.29, 1.82) is 5.41 Å². The summed E-state index contributed by atoms with van der Waals surface area (Å²) in [7, 11) is 1.55. The van der Waals surface area contributed by atoms with Crippen LogP contribution in [0.25, 0.3) is 0 Å². The summed E-state index contributed by atoms with van der Waals surface area (Å²) < 4.78 is 1.32. The molecule has 0 unspecified atom stereocenters. The van der Waals surface area contributed by atoms with Crippen molar-refractivity contribution in [3.05, 3.63) is 20.7 Å². The molecule has 4 N–H and O–H groups in total. The monoisotopic (exact) mass is 215 g/mol. The van der Waals surface area contributed by atoms with Crippen LogP contribution in [-0.2, 0) is 7.05 Å². The lowest BCUT2D eigenvalue weighted by atomic mass is 10.7. The molecule has 7 nitrogen and oxygen atoms in total. The maximum atomic E-state index is 10.9. The zero-order valence-electron chi connectivity index (χ0n) is 7.40. The number of nitrogens with two attached hydrogens (primary N) is 1. The average molecular weight is 215 g/mol. The van der Waals surface area contributed by atoms with Crippen LogP contribution in [0.2, 0.25) is 0 Å². The van der Waals surface area contributed by atoms with E-state index in [1.165, 1.54) is 4.68 Å². The van der Waals surface area contributed by atoms with E-state index in [4.69, 9.17) is 11.1 Å². The summed E-state index contributed by atoms with van der Waals surface area (Å²) in [6.07, 6.45) is 0. The highest BCUT2D eigenvalue weighted by atomic mass is 32.2. The molecule has 14 heavy (non-hydrogen) atoms. The highest BCUT2D eigenvalue weighted by molar-refractivity contribution is 7.99. The Morgan fingerprint density at radius 3 is 2.93 bits per heavy atom. The molecule has 0 fully saturated rings. The quantitative estimate of drug-likeness (QED) is 0.245. The zero-order valence-corrected chi connectivity index (χ0v) is 8.22. The van der Waals surface area contributed by atoms with Gasteiger partial charge in [0.1, 0.15) is 5.84 Å². The molecular formula is C6H9N5O2S. The fourth-order valence-corrected chi connectivity index (χ4v) is 1.40. The van der Waals surface area contributed by atoms with Crippen LogP contribution in [-0.4, -0.2) is 26.4 Å². The van der Waals surface area contributed by atoms with Crippen molar-refractivity contribution >= 4 is 17.6 Å². The fraction of sp³-hybridized carbons (Fsp3) is 0.333. The third kappa shape index (κ3) is 2.46. The molecule has 0 saturated carbocycles. The van der Waals surface area contributed by atoms with Crippen LogP contribution in [0.15, 0.2) is 14.7 Å². The van der Waals surface area contributed by atoms with Gasteiger partial charge in [-0.1, -0.05) is 11.8 Å². The Kier molecular flexibility index (Phi) is 3.07. The molecule has 8 heteroatoms. The predicted molar refractivity (Wildman–Crippen MR) is 52.7 cm³/mol. The van der Waals surface area contributed by atoms with Crippen LogP contribution >= 0.6 is 11.8 Å². The van der Waals surface area contributed by atoms with Crippen molar-refractivity contribution < 1.29 is 0 Å². The van der Waals surface area contributed by atoms with E-state index in [0.29, 0.717) is 5.16 Å². The first-order chi connectivity index (χ1) is 6.50. The van der Waals surface area contributed by atoms with Crippen LogP contribution in [0.3, 0.4) is 0 Å². The maximum absolute atomic E-state index is 10.9. The van der Waals surface area contributed by atoms with Gasteiger partial charge in [0.2, 0.25) is 0 Å². The lowest BCUT2D eigenvalue weighted by Crippen LogP contribution is -2.34. The number of amidine groups is 1. The van der Waals surface area contributed by atoms with Gasteiger partial charge in [0.05, 0.1) is 5.75 Å². The first-order valence-electron chi connectivity index (χ1n) is 3.63. The number of rotatable bonds is 3. The second-order valence-corrected chi connectivity index (χ2v) is 3.46. The summed E-state index contributed by atoms with van der Waals surface area (Å²) in [5.41, 5.74) is 3.53. The van der Waals surface area contributed by atoms with Gasteiger partial charge in [0.25, 0.3) is 0 Å². The van der Waals surface area contributed by atoms with Gasteiger partial charge in [-0.3, -0.25) is 24.8 Å². The highest BCUT2D eigenvalue weighted by Gasteiger charge is 2.04. The molecule has 1 rings (SSSR count). The van der Waals surface area contributed by atoms with E-state index in [1.807, 2.05) is 0 Å². The standard InChI is InChI=1S/C6H9N5O2S/c1-11-6(14-2-3(7)8)9-4(12)5(13)10-11/h2H2,1H3,(H3,7,8)(H,10,13). The van der Waals surface area contributed by atoms with Gasteiger partial charge < -0.3 is 5.73 Å². The van der Waals surface area contributed by atoms with Gasteiger partial charge in [-0.15, -0.1) is 0 Å². The van der Waals surface area contributed by atoms with E-state index in [1.54, 1.807) is 7.05 Å². The number of hydrogen-bond acceptors (Lipinski definition) is 5. The lowest BCUT2D eigenvalue weighted by molar-refractivity contribution is 0.597. The van der Waals surface area contributed by atoms with E-state index in [2.05, 4.69) is 10.1 Å². The Balaban J connectivity index is 2.98. The summed E-state index contributed by atoms with van der Waals surface area (Å²) in [4.78, 5) is 25.2. The van der Waals surface area contributed by atoms with Crippen molar-refractivity contribution in [2.75, 3.05) is 5.75 Å². The van der Waals surface area contributed by atoms with E-state index < -0.39 is 11.1 Å². The van der Waals surface area contributed by atoms with Crippen LogP contribution in [0.5, 0.6) is 0 Å². The minimum atomic E-state index is -0.839. The second kappa shape index (κ2) is 4.09. The number of thioether (sulfide) groups is 1. The number of aromatic nitrogens is 3. The van der Waals surface area contributed by atoms with Crippen LogP contribution in [0.4, 0.5) is 0 Å². The summed E-state index contributed by atoms with van der Waals surface area (Å²) >= 11 is 1.11. The van der Waals surface area contributed by atoms with Gasteiger partial charge in [-0.05, 0) is 0 Å². The Bertz CT molecular complexity index is 462. The Hall–Kier alpha value is -1.57. The maximum Gasteiger partial charge on any atom is 0.339 e. The van der Waals surface area contributed by atoms with E-state index in [9.17, 15) is 9.59 Å².